The van der Waals surface area contributed by atoms with E-state index in [1.54, 1.807) is 0 Å². The van der Waals surface area contributed by atoms with Gasteiger partial charge in [-0.25, -0.2) is 0 Å². The van der Waals surface area contributed by atoms with Crippen molar-refractivity contribution in [2.45, 2.75) is 6.92 Å². The Labute approximate surface area is 101 Å². The van der Waals surface area contributed by atoms with Gasteiger partial charge in [-0.3, -0.25) is 0 Å². The second kappa shape index (κ2) is 4.70. The van der Waals surface area contributed by atoms with Crippen molar-refractivity contribution in [2.75, 3.05) is 0 Å². The summed E-state index contributed by atoms with van der Waals surface area (Å²) in [6.45, 7) is 2.06. The first-order valence-corrected chi connectivity index (χ1v) is 5.42. The van der Waals surface area contributed by atoms with Crippen LogP contribution in [-0.4, -0.2) is 5.84 Å². The molecule has 0 radical (unpaired) electrons. The average Bonchev–Trinajstić information content (AvgIpc) is 2.39. The van der Waals surface area contributed by atoms with Crippen molar-refractivity contribution in [3.63, 3.8) is 0 Å². The van der Waals surface area contributed by atoms with Crippen LogP contribution in [0.1, 0.15) is 11.1 Å². The van der Waals surface area contributed by atoms with Gasteiger partial charge in [-0.1, -0.05) is 54.1 Å². The van der Waals surface area contributed by atoms with E-state index < -0.39 is 0 Å². The molecule has 0 aliphatic rings. The average molecular weight is 225 g/mol. The molecule has 0 aliphatic heterocycles. The third-order valence-electron chi connectivity index (χ3n) is 2.70. The van der Waals surface area contributed by atoms with E-state index in [1.165, 1.54) is 5.56 Å². The molecule has 2 aromatic carbocycles. The van der Waals surface area contributed by atoms with Gasteiger partial charge in [-0.15, -0.1) is 0 Å². The van der Waals surface area contributed by atoms with Gasteiger partial charge in [0.15, 0.2) is 5.84 Å². The number of nitrogens with zero attached hydrogens (tertiary/aromatic N) is 1. The molecule has 0 aliphatic carbocycles. The summed E-state index contributed by atoms with van der Waals surface area (Å²) < 4.78 is 0. The van der Waals surface area contributed by atoms with E-state index in [2.05, 4.69) is 36.3 Å². The zero-order valence-electron chi connectivity index (χ0n) is 9.72. The number of hydrazone groups is 1. The molecular formula is C14H15N3. The topological polar surface area (TPSA) is 64.4 Å². The van der Waals surface area contributed by atoms with Crippen LogP contribution in [0, 0.1) is 6.92 Å². The summed E-state index contributed by atoms with van der Waals surface area (Å²) in [5.41, 5.74) is 10.0. The highest BCUT2D eigenvalue weighted by Gasteiger charge is 2.07. The van der Waals surface area contributed by atoms with Crippen LogP contribution >= 0.6 is 0 Å². The number of nitrogens with two attached hydrogens (primary N) is 2. The predicted molar refractivity (Wildman–Crippen MR) is 71.5 cm³/mol. The van der Waals surface area contributed by atoms with Gasteiger partial charge in [0.2, 0.25) is 0 Å². The lowest BCUT2D eigenvalue weighted by Crippen LogP contribution is -2.16. The lowest BCUT2D eigenvalue weighted by Gasteiger charge is -2.08. The smallest absolute Gasteiger partial charge is 0.150 e. The minimum atomic E-state index is 0.348. The number of rotatable bonds is 2. The Kier molecular flexibility index (Phi) is 3.10. The zero-order valence-corrected chi connectivity index (χ0v) is 9.72. The predicted octanol–water partition coefficient (Wildman–Crippen LogP) is 2.24. The first-order chi connectivity index (χ1) is 8.22. The summed E-state index contributed by atoms with van der Waals surface area (Å²) in [7, 11) is 0. The second-order valence-corrected chi connectivity index (χ2v) is 3.93. The van der Waals surface area contributed by atoms with Gasteiger partial charge in [0.05, 0.1) is 0 Å². The second-order valence-electron chi connectivity index (χ2n) is 3.93. The molecule has 0 aromatic heterocycles. The van der Waals surface area contributed by atoms with E-state index >= 15 is 0 Å². The van der Waals surface area contributed by atoms with Crippen molar-refractivity contribution in [3.8, 4) is 11.1 Å². The summed E-state index contributed by atoms with van der Waals surface area (Å²) in [4.78, 5) is 0. The van der Waals surface area contributed by atoms with Gasteiger partial charge in [0.25, 0.3) is 0 Å². The molecule has 3 nitrogen and oxygen atoms in total. The fourth-order valence-corrected chi connectivity index (χ4v) is 1.76. The molecule has 2 aromatic rings. The highest BCUT2D eigenvalue weighted by atomic mass is 15.2. The van der Waals surface area contributed by atoms with Crippen LogP contribution in [-0.2, 0) is 0 Å². The largest absolute Gasteiger partial charge is 0.382 e. The lowest BCUT2D eigenvalue weighted by molar-refractivity contribution is 1.23. The molecule has 0 amide bonds. The van der Waals surface area contributed by atoms with Crippen molar-refractivity contribution in [3.05, 3.63) is 59.7 Å². The Morgan fingerprint density at radius 2 is 1.65 bits per heavy atom. The van der Waals surface area contributed by atoms with Crippen molar-refractivity contribution >= 4 is 5.84 Å². The van der Waals surface area contributed by atoms with Crippen molar-refractivity contribution < 1.29 is 0 Å². The van der Waals surface area contributed by atoms with Crippen LogP contribution in [0.15, 0.2) is 53.6 Å². The number of hydrogen-bond donors (Lipinski definition) is 2. The molecule has 0 heterocycles. The first kappa shape index (κ1) is 11.2. The molecule has 0 unspecified atom stereocenters. The number of amidine groups is 1. The summed E-state index contributed by atoms with van der Waals surface area (Å²) >= 11 is 0. The molecule has 2 rings (SSSR count). The molecule has 0 saturated carbocycles. The Bertz CT molecular complexity index is 542. The van der Waals surface area contributed by atoms with Crippen molar-refractivity contribution in [1.82, 2.24) is 0 Å². The summed E-state index contributed by atoms with van der Waals surface area (Å²) in [5, 5.41) is 3.56. The normalized spacial score (nSPS) is 11.5. The van der Waals surface area contributed by atoms with Crippen molar-refractivity contribution in [1.29, 1.82) is 0 Å². The summed E-state index contributed by atoms with van der Waals surface area (Å²) in [6, 6.07) is 16.1. The molecular weight excluding hydrogens is 210 g/mol. The summed E-state index contributed by atoms with van der Waals surface area (Å²) in [5.74, 6) is 5.59. The third-order valence-corrected chi connectivity index (χ3v) is 2.70. The van der Waals surface area contributed by atoms with Gasteiger partial charge < -0.3 is 11.6 Å². The monoisotopic (exact) mass is 225 g/mol. The molecule has 0 bridgehead atoms. The highest BCUT2D eigenvalue weighted by Crippen LogP contribution is 2.23. The fraction of sp³-hybridized carbons (Fsp3) is 0.0714. The van der Waals surface area contributed by atoms with E-state index in [0.29, 0.717) is 5.84 Å². The van der Waals surface area contributed by atoms with E-state index in [4.69, 9.17) is 11.6 Å². The molecule has 0 saturated heterocycles. The first-order valence-electron chi connectivity index (χ1n) is 5.42. The van der Waals surface area contributed by atoms with Gasteiger partial charge >= 0.3 is 0 Å². The maximum Gasteiger partial charge on any atom is 0.150 e. The van der Waals surface area contributed by atoms with Gasteiger partial charge in [-0.05, 0) is 18.1 Å². The van der Waals surface area contributed by atoms with E-state index in [1.807, 2.05) is 24.3 Å². The lowest BCUT2D eigenvalue weighted by atomic mass is 9.98. The highest BCUT2D eigenvalue weighted by molar-refractivity contribution is 6.03. The van der Waals surface area contributed by atoms with Crippen LogP contribution in [0.3, 0.4) is 0 Å². The quantitative estimate of drug-likeness (QED) is 0.356. The Morgan fingerprint density at radius 3 is 2.29 bits per heavy atom. The van der Waals surface area contributed by atoms with Crippen LogP contribution < -0.4 is 11.6 Å². The standard InChI is InChI=1S/C14H15N3/c1-10-6-8-11(9-7-10)12-4-2-3-5-13(12)14(15)17-16/h2-9H,16H2,1H3,(H2,15,17). The molecule has 17 heavy (non-hydrogen) atoms. The third kappa shape index (κ3) is 2.28. The summed E-state index contributed by atoms with van der Waals surface area (Å²) in [6.07, 6.45) is 0. The van der Waals surface area contributed by atoms with E-state index in [9.17, 15) is 0 Å². The molecule has 0 spiro atoms. The molecule has 3 heteroatoms. The van der Waals surface area contributed by atoms with Gasteiger partial charge in [0, 0.05) is 5.56 Å². The SMILES string of the molecule is Cc1ccc(-c2ccccc2C(N)=NN)cc1. The van der Waals surface area contributed by atoms with Crippen molar-refractivity contribution in [2.24, 2.45) is 16.7 Å². The van der Waals surface area contributed by atoms with Crippen LogP contribution in [0.5, 0.6) is 0 Å². The molecule has 4 N–H and O–H groups in total. The molecule has 0 atom stereocenters. The number of hydrogen-bond acceptors (Lipinski definition) is 2. The zero-order chi connectivity index (χ0) is 12.3. The van der Waals surface area contributed by atoms with Gasteiger partial charge in [0.1, 0.15) is 0 Å². The Balaban J connectivity index is 2.55. The number of benzene rings is 2. The van der Waals surface area contributed by atoms with Crippen LogP contribution in [0.4, 0.5) is 0 Å². The minimum absolute atomic E-state index is 0.348. The van der Waals surface area contributed by atoms with Crippen LogP contribution in [0.25, 0.3) is 11.1 Å². The van der Waals surface area contributed by atoms with E-state index in [0.717, 1.165) is 16.7 Å². The Hall–Kier alpha value is -2.29. The maximum atomic E-state index is 5.79. The molecule has 0 fully saturated rings. The van der Waals surface area contributed by atoms with E-state index in [-0.39, 0.29) is 0 Å². The fourth-order valence-electron chi connectivity index (χ4n) is 1.76. The minimum Gasteiger partial charge on any atom is -0.382 e. The Morgan fingerprint density at radius 1 is 1.00 bits per heavy atom. The molecule has 86 valence electrons. The maximum absolute atomic E-state index is 5.79. The van der Waals surface area contributed by atoms with Gasteiger partial charge in [-0.2, -0.15) is 5.10 Å². The van der Waals surface area contributed by atoms with Crippen LogP contribution in [0.2, 0.25) is 0 Å². The number of aryl methyl sites for hydroxylation is 1.